The Kier molecular flexibility index (Phi) is 4.86. The second kappa shape index (κ2) is 6.42. The SMILES string of the molecule is CCCCCCCc1nc2c(C)cc(Br)cn2c1N. The number of aryl methyl sites for hydroxylation is 2. The second-order valence-electron chi connectivity index (χ2n) is 5.14. The maximum absolute atomic E-state index is 6.20. The van der Waals surface area contributed by atoms with Crippen molar-refractivity contribution in [3.63, 3.8) is 0 Å². The highest BCUT2D eigenvalue weighted by molar-refractivity contribution is 9.10. The first-order chi connectivity index (χ1) is 9.13. The molecule has 0 aliphatic carbocycles. The summed E-state index contributed by atoms with van der Waals surface area (Å²) < 4.78 is 3.02. The smallest absolute Gasteiger partial charge is 0.141 e. The molecule has 0 aliphatic heterocycles. The van der Waals surface area contributed by atoms with Gasteiger partial charge in [-0.25, -0.2) is 4.98 Å². The van der Waals surface area contributed by atoms with Crippen molar-refractivity contribution in [1.82, 2.24) is 9.38 Å². The van der Waals surface area contributed by atoms with Gasteiger partial charge >= 0.3 is 0 Å². The Morgan fingerprint density at radius 2 is 2.00 bits per heavy atom. The summed E-state index contributed by atoms with van der Waals surface area (Å²) in [5.41, 5.74) is 9.36. The fraction of sp³-hybridized carbons (Fsp3) is 0.533. The summed E-state index contributed by atoms with van der Waals surface area (Å²) in [6.45, 7) is 4.30. The lowest BCUT2D eigenvalue weighted by atomic mass is 10.1. The molecule has 19 heavy (non-hydrogen) atoms. The number of hydrogen-bond donors (Lipinski definition) is 1. The van der Waals surface area contributed by atoms with Crippen LogP contribution in [-0.2, 0) is 6.42 Å². The second-order valence-corrected chi connectivity index (χ2v) is 6.06. The summed E-state index contributed by atoms with van der Waals surface area (Å²) in [7, 11) is 0. The van der Waals surface area contributed by atoms with E-state index in [4.69, 9.17) is 5.73 Å². The zero-order valence-electron chi connectivity index (χ0n) is 11.7. The van der Waals surface area contributed by atoms with Crippen LogP contribution in [0.5, 0.6) is 0 Å². The van der Waals surface area contributed by atoms with Gasteiger partial charge in [0.2, 0.25) is 0 Å². The average Bonchev–Trinajstić information content (AvgIpc) is 2.68. The zero-order chi connectivity index (χ0) is 13.8. The summed E-state index contributed by atoms with van der Waals surface area (Å²) in [4.78, 5) is 4.69. The van der Waals surface area contributed by atoms with Gasteiger partial charge in [0.05, 0.1) is 5.69 Å². The quantitative estimate of drug-likeness (QED) is 0.795. The molecule has 0 bridgehead atoms. The van der Waals surface area contributed by atoms with Crippen LogP contribution in [0.2, 0.25) is 0 Å². The lowest BCUT2D eigenvalue weighted by Gasteiger charge is -2.01. The van der Waals surface area contributed by atoms with Crippen molar-refractivity contribution in [3.8, 4) is 0 Å². The highest BCUT2D eigenvalue weighted by Crippen LogP contribution is 2.23. The van der Waals surface area contributed by atoms with Crippen LogP contribution in [0, 0.1) is 6.92 Å². The van der Waals surface area contributed by atoms with Gasteiger partial charge in [-0.3, -0.25) is 4.40 Å². The third-order valence-electron chi connectivity index (χ3n) is 3.50. The lowest BCUT2D eigenvalue weighted by molar-refractivity contribution is 0.629. The molecule has 2 aromatic heterocycles. The molecule has 4 heteroatoms. The third kappa shape index (κ3) is 3.30. The van der Waals surface area contributed by atoms with Gasteiger partial charge in [0, 0.05) is 10.7 Å². The summed E-state index contributed by atoms with van der Waals surface area (Å²) in [6, 6.07) is 2.08. The summed E-state index contributed by atoms with van der Waals surface area (Å²) >= 11 is 3.50. The van der Waals surface area contributed by atoms with Crippen LogP contribution < -0.4 is 5.73 Å². The third-order valence-corrected chi connectivity index (χ3v) is 3.93. The van der Waals surface area contributed by atoms with Gasteiger partial charge in [-0.1, -0.05) is 32.6 Å². The Balaban J connectivity index is 2.11. The van der Waals surface area contributed by atoms with Gasteiger partial charge in [-0.05, 0) is 47.3 Å². The van der Waals surface area contributed by atoms with Crippen LogP contribution >= 0.6 is 15.9 Å². The number of hydrogen-bond acceptors (Lipinski definition) is 2. The van der Waals surface area contributed by atoms with Crippen molar-refractivity contribution in [3.05, 3.63) is 28.0 Å². The number of aromatic nitrogens is 2. The minimum absolute atomic E-state index is 0.787. The molecule has 0 amide bonds. The Bertz CT molecular complexity index is 560. The number of nitrogens with two attached hydrogens (primary N) is 1. The van der Waals surface area contributed by atoms with Crippen LogP contribution in [0.25, 0.3) is 5.65 Å². The number of nitrogens with zero attached hydrogens (tertiary/aromatic N) is 2. The maximum atomic E-state index is 6.20. The van der Waals surface area contributed by atoms with E-state index in [0.29, 0.717) is 0 Å². The molecule has 0 fully saturated rings. The van der Waals surface area contributed by atoms with Gasteiger partial charge in [-0.15, -0.1) is 0 Å². The van der Waals surface area contributed by atoms with Gasteiger partial charge in [0.1, 0.15) is 11.5 Å². The first kappa shape index (κ1) is 14.4. The van der Waals surface area contributed by atoms with E-state index in [-0.39, 0.29) is 0 Å². The van der Waals surface area contributed by atoms with Gasteiger partial charge in [0.15, 0.2) is 0 Å². The Morgan fingerprint density at radius 1 is 1.26 bits per heavy atom. The normalized spacial score (nSPS) is 11.3. The monoisotopic (exact) mass is 323 g/mol. The van der Waals surface area contributed by atoms with Crippen molar-refractivity contribution in [2.75, 3.05) is 5.73 Å². The van der Waals surface area contributed by atoms with Gasteiger partial charge in [-0.2, -0.15) is 0 Å². The molecule has 2 heterocycles. The van der Waals surface area contributed by atoms with Crippen LogP contribution in [0.4, 0.5) is 5.82 Å². The predicted molar refractivity (Wildman–Crippen MR) is 84.5 cm³/mol. The van der Waals surface area contributed by atoms with E-state index < -0.39 is 0 Å². The molecule has 2 aromatic rings. The standard InChI is InChI=1S/C15H22BrN3/c1-3-4-5-6-7-8-13-14(17)19-10-12(16)9-11(2)15(19)18-13/h9-10H,3-8,17H2,1-2H3. The van der Waals surface area contributed by atoms with Crippen molar-refractivity contribution in [1.29, 1.82) is 0 Å². The minimum atomic E-state index is 0.787. The number of unbranched alkanes of at least 4 members (excludes halogenated alkanes) is 4. The minimum Gasteiger partial charge on any atom is -0.383 e. The largest absolute Gasteiger partial charge is 0.383 e. The molecule has 0 spiro atoms. The molecular weight excluding hydrogens is 302 g/mol. The van der Waals surface area contributed by atoms with Crippen molar-refractivity contribution in [2.24, 2.45) is 0 Å². The molecule has 0 aromatic carbocycles. The van der Waals surface area contributed by atoms with E-state index in [2.05, 4.69) is 40.8 Å². The molecule has 3 nitrogen and oxygen atoms in total. The van der Waals surface area contributed by atoms with E-state index in [1.54, 1.807) is 0 Å². The van der Waals surface area contributed by atoms with Crippen LogP contribution in [0.15, 0.2) is 16.7 Å². The van der Waals surface area contributed by atoms with E-state index >= 15 is 0 Å². The summed E-state index contributed by atoms with van der Waals surface area (Å²) in [5.74, 6) is 0.787. The van der Waals surface area contributed by atoms with Gasteiger partial charge < -0.3 is 5.73 Å². The van der Waals surface area contributed by atoms with E-state index in [1.807, 2.05) is 10.6 Å². The molecule has 104 valence electrons. The molecule has 2 N–H and O–H groups in total. The molecule has 0 aliphatic rings. The lowest BCUT2D eigenvalue weighted by Crippen LogP contribution is -1.97. The van der Waals surface area contributed by atoms with Gasteiger partial charge in [0.25, 0.3) is 0 Å². The van der Waals surface area contributed by atoms with Crippen LogP contribution in [-0.4, -0.2) is 9.38 Å². The van der Waals surface area contributed by atoms with Crippen molar-refractivity contribution in [2.45, 2.75) is 52.4 Å². The first-order valence-electron chi connectivity index (χ1n) is 7.06. The fourth-order valence-electron chi connectivity index (χ4n) is 2.41. The number of pyridine rings is 1. The van der Waals surface area contributed by atoms with E-state index in [0.717, 1.165) is 33.6 Å². The Morgan fingerprint density at radius 3 is 2.74 bits per heavy atom. The Labute approximate surface area is 123 Å². The number of nitrogen functional groups attached to an aromatic ring is 1. The highest BCUT2D eigenvalue weighted by atomic mass is 79.9. The summed E-state index contributed by atoms with van der Waals surface area (Å²) in [5, 5.41) is 0. The summed E-state index contributed by atoms with van der Waals surface area (Å²) in [6.07, 6.45) is 9.34. The molecule has 0 saturated carbocycles. The topological polar surface area (TPSA) is 43.3 Å². The van der Waals surface area contributed by atoms with Crippen molar-refractivity contribution >= 4 is 27.4 Å². The van der Waals surface area contributed by atoms with E-state index in [1.165, 1.54) is 32.1 Å². The molecule has 0 atom stereocenters. The molecule has 0 unspecified atom stereocenters. The Hall–Kier alpha value is -1.03. The number of imidazole rings is 1. The number of fused-ring (bicyclic) bond motifs is 1. The zero-order valence-corrected chi connectivity index (χ0v) is 13.3. The molecule has 2 rings (SSSR count). The van der Waals surface area contributed by atoms with Crippen LogP contribution in [0.3, 0.4) is 0 Å². The predicted octanol–water partition coefficient (Wildman–Crippen LogP) is 4.50. The average molecular weight is 324 g/mol. The maximum Gasteiger partial charge on any atom is 0.141 e. The highest BCUT2D eigenvalue weighted by Gasteiger charge is 2.11. The first-order valence-corrected chi connectivity index (χ1v) is 7.85. The van der Waals surface area contributed by atoms with Crippen LogP contribution in [0.1, 0.15) is 50.3 Å². The fourth-order valence-corrected chi connectivity index (χ4v) is 2.96. The number of rotatable bonds is 6. The van der Waals surface area contributed by atoms with Crippen molar-refractivity contribution < 1.29 is 0 Å². The molecule has 0 saturated heterocycles. The molecule has 0 radical (unpaired) electrons. The molecular formula is C15H22BrN3. The van der Waals surface area contributed by atoms with E-state index in [9.17, 15) is 0 Å². The number of halogens is 1. The number of anilines is 1.